The van der Waals surface area contributed by atoms with Crippen molar-refractivity contribution in [3.05, 3.63) is 21.9 Å². The summed E-state index contributed by atoms with van der Waals surface area (Å²) in [5, 5.41) is 10.3. The van der Waals surface area contributed by atoms with Crippen LogP contribution in [0.4, 0.5) is 0 Å². The van der Waals surface area contributed by atoms with Gasteiger partial charge in [-0.2, -0.15) is 0 Å². The Hall–Kier alpha value is -0.910. The molecule has 0 spiro atoms. The van der Waals surface area contributed by atoms with Gasteiger partial charge in [0.2, 0.25) is 0 Å². The lowest BCUT2D eigenvalue weighted by Crippen LogP contribution is -2.31. The molecule has 0 aliphatic carbocycles. The molecular weight excluding hydrogens is 286 g/mol. The first kappa shape index (κ1) is 16.5. The van der Waals surface area contributed by atoms with E-state index in [9.17, 15) is 9.90 Å². The number of aliphatic hydroxyl groups excluding tert-OH is 1. The number of esters is 1. The number of ether oxygens (including phenoxy) is 1. The second-order valence-corrected chi connectivity index (χ2v) is 6.66. The second-order valence-electron chi connectivity index (χ2n) is 5.54. The monoisotopic (exact) mass is 311 g/mol. The van der Waals surface area contributed by atoms with Crippen LogP contribution in [0.25, 0.3) is 0 Å². The molecule has 118 valence electrons. The maximum atomic E-state index is 11.7. The van der Waals surface area contributed by atoms with Crippen molar-refractivity contribution in [1.82, 2.24) is 4.90 Å². The zero-order valence-corrected chi connectivity index (χ0v) is 13.5. The van der Waals surface area contributed by atoms with Gasteiger partial charge in [0.05, 0.1) is 12.7 Å². The van der Waals surface area contributed by atoms with Crippen LogP contribution in [-0.2, 0) is 4.74 Å². The van der Waals surface area contributed by atoms with E-state index in [4.69, 9.17) is 4.74 Å². The van der Waals surface area contributed by atoms with Gasteiger partial charge in [-0.15, -0.1) is 11.3 Å². The summed E-state index contributed by atoms with van der Waals surface area (Å²) in [4.78, 5) is 15.6. The molecule has 1 aromatic heterocycles. The van der Waals surface area contributed by atoms with Crippen molar-refractivity contribution in [1.29, 1.82) is 0 Å². The number of hydrogen-bond donors (Lipinski definition) is 1. The van der Waals surface area contributed by atoms with E-state index in [2.05, 4.69) is 4.90 Å². The van der Waals surface area contributed by atoms with E-state index >= 15 is 0 Å². The standard InChI is InChI=1S/C16H25NO3S/c1-2-12-20-16(19)15-7-6-14(21-15)13(18)8-11-17-9-4-3-5-10-17/h6-7,13,18H,2-5,8-12H2,1H3. The third-order valence-electron chi connectivity index (χ3n) is 3.76. The van der Waals surface area contributed by atoms with E-state index in [0.717, 1.165) is 37.4 Å². The smallest absolute Gasteiger partial charge is 0.348 e. The Bertz CT molecular complexity index is 440. The Kier molecular flexibility index (Phi) is 6.67. The van der Waals surface area contributed by atoms with Gasteiger partial charge >= 0.3 is 5.97 Å². The lowest BCUT2D eigenvalue weighted by molar-refractivity contribution is 0.0511. The largest absolute Gasteiger partial charge is 0.462 e. The Balaban J connectivity index is 1.80. The van der Waals surface area contributed by atoms with E-state index < -0.39 is 6.10 Å². The van der Waals surface area contributed by atoms with Crippen LogP contribution in [0, 0.1) is 0 Å². The molecule has 0 radical (unpaired) electrons. The first-order valence-electron chi connectivity index (χ1n) is 7.88. The van der Waals surface area contributed by atoms with Crippen molar-refractivity contribution in [2.75, 3.05) is 26.2 Å². The Morgan fingerprint density at radius 3 is 2.86 bits per heavy atom. The highest BCUT2D eigenvalue weighted by atomic mass is 32.1. The maximum Gasteiger partial charge on any atom is 0.348 e. The van der Waals surface area contributed by atoms with Crippen molar-refractivity contribution in [3.63, 3.8) is 0 Å². The Morgan fingerprint density at radius 1 is 1.38 bits per heavy atom. The van der Waals surface area contributed by atoms with Gasteiger partial charge in [0, 0.05) is 11.4 Å². The number of carbonyl (C=O) groups excluding carboxylic acids is 1. The molecule has 21 heavy (non-hydrogen) atoms. The molecule has 0 amide bonds. The van der Waals surface area contributed by atoms with Gasteiger partial charge in [-0.05, 0) is 50.9 Å². The van der Waals surface area contributed by atoms with Crippen LogP contribution in [0.15, 0.2) is 12.1 Å². The predicted octanol–water partition coefficient (Wildman–Crippen LogP) is 3.22. The molecule has 1 saturated heterocycles. The van der Waals surface area contributed by atoms with Gasteiger partial charge in [-0.25, -0.2) is 4.79 Å². The number of thiophene rings is 1. The predicted molar refractivity (Wildman–Crippen MR) is 84.8 cm³/mol. The molecule has 5 heteroatoms. The minimum absolute atomic E-state index is 0.281. The molecule has 1 N–H and O–H groups in total. The van der Waals surface area contributed by atoms with E-state index in [1.165, 1.54) is 30.6 Å². The molecule has 1 aromatic rings. The summed E-state index contributed by atoms with van der Waals surface area (Å²) in [6.07, 6.45) is 4.93. The number of rotatable bonds is 7. The fraction of sp³-hybridized carbons (Fsp3) is 0.688. The van der Waals surface area contributed by atoms with Gasteiger partial charge in [0.25, 0.3) is 0 Å². The molecule has 1 fully saturated rings. The third-order valence-corrected chi connectivity index (χ3v) is 4.93. The van der Waals surface area contributed by atoms with Gasteiger partial charge in [-0.3, -0.25) is 0 Å². The quantitative estimate of drug-likeness (QED) is 0.786. The number of piperidine rings is 1. The van der Waals surface area contributed by atoms with Crippen molar-refractivity contribution >= 4 is 17.3 Å². The summed E-state index contributed by atoms with van der Waals surface area (Å²) in [7, 11) is 0. The molecule has 0 saturated carbocycles. The fourth-order valence-electron chi connectivity index (χ4n) is 2.54. The van der Waals surface area contributed by atoms with E-state index in [0.29, 0.717) is 11.5 Å². The van der Waals surface area contributed by atoms with Crippen LogP contribution < -0.4 is 0 Å². The summed E-state index contributed by atoms with van der Waals surface area (Å²) in [6.45, 7) is 5.63. The Labute approximate surface area is 130 Å². The highest BCUT2D eigenvalue weighted by molar-refractivity contribution is 7.14. The maximum absolute atomic E-state index is 11.7. The highest BCUT2D eigenvalue weighted by Crippen LogP contribution is 2.26. The van der Waals surface area contributed by atoms with Crippen LogP contribution in [0.3, 0.4) is 0 Å². The first-order chi connectivity index (χ1) is 10.2. The number of likely N-dealkylation sites (tertiary alicyclic amines) is 1. The normalized spacial score (nSPS) is 17.6. The Morgan fingerprint density at radius 2 is 2.14 bits per heavy atom. The zero-order valence-electron chi connectivity index (χ0n) is 12.7. The van der Waals surface area contributed by atoms with Crippen molar-refractivity contribution < 1.29 is 14.6 Å². The van der Waals surface area contributed by atoms with Gasteiger partial charge < -0.3 is 14.7 Å². The van der Waals surface area contributed by atoms with Crippen molar-refractivity contribution in [3.8, 4) is 0 Å². The van der Waals surface area contributed by atoms with Crippen LogP contribution in [0.1, 0.15) is 59.7 Å². The van der Waals surface area contributed by atoms with E-state index in [-0.39, 0.29) is 5.97 Å². The molecular formula is C16H25NO3S. The summed E-state index contributed by atoms with van der Waals surface area (Å²) in [6, 6.07) is 3.59. The number of carbonyl (C=O) groups is 1. The molecule has 1 atom stereocenters. The highest BCUT2D eigenvalue weighted by Gasteiger charge is 2.17. The van der Waals surface area contributed by atoms with Gasteiger partial charge in [-0.1, -0.05) is 13.3 Å². The SMILES string of the molecule is CCCOC(=O)c1ccc(C(O)CCN2CCCCC2)s1. The third kappa shape index (κ3) is 5.09. The lowest BCUT2D eigenvalue weighted by Gasteiger charge is -2.27. The molecule has 4 nitrogen and oxygen atoms in total. The average molecular weight is 311 g/mol. The van der Waals surface area contributed by atoms with Crippen molar-refractivity contribution in [2.45, 2.75) is 45.1 Å². The van der Waals surface area contributed by atoms with E-state index in [1.807, 2.05) is 13.0 Å². The first-order valence-corrected chi connectivity index (χ1v) is 8.69. The molecule has 2 heterocycles. The number of hydrogen-bond acceptors (Lipinski definition) is 5. The fourth-order valence-corrected chi connectivity index (χ4v) is 3.46. The molecule has 1 unspecified atom stereocenters. The lowest BCUT2D eigenvalue weighted by atomic mass is 10.1. The molecule has 0 bridgehead atoms. The second kappa shape index (κ2) is 8.51. The molecule has 0 aromatic carbocycles. The molecule has 1 aliphatic heterocycles. The molecule has 1 aliphatic rings. The summed E-state index contributed by atoms with van der Waals surface area (Å²) in [5.74, 6) is -0.281. The molecule has 2 rings (SSSR count). The van der Waals surface area contributed by atoms with Crippen LogP contribution in [0.5, 0.6) is 0 Å². The minimum Gasteiger partial charge on any atom is -0.462 e. The zero-order chi connectivity index (χ0) is 15.1. The van der Waals surface area contributed by atoms with E-state index in [1.54, 1.807) is 6.07 Å². The van der Waals surface area contributed by atoms with Gasteiger partial charge in [0.1, 0.15) is 4.88 Å². The summed E-state index contributed by atoms with van der Waals surface area (Å²) >= 11 is 1.34. The summed E-state index contributed by atoms with van der Waals surface area (Å²) in [5.41, 5.74) is 0. The number of aliphatic hydroxyl groups is 1. The minimum atomic E-state index is -0.482. The van der Waals surface area contributed by atoms with Gasteiger partial charge in [0.15, 0.2) is 0 Å². The van der Waals surface area contributed by atoms with Crippen molar-refractivity contribution in [2.24, 2.45) is 0 Å². The average Bonchev–Trinajstić information content (AvgIpc) is 3.01. The van der Waals surface area contributed by atoms with Crippen LogP contribution >= 0.6 is 11.3 Å². The summed E-state index contributed by atoms with van der Waals surface area (Å²) < 4.78 is 5.11. The topological polar surface area (TPSA) is 49.8 Å². The number of nitrogens with zero attached hydrogens (tertiary/aromatic N) is 1. The van der Waals surface area contributed by atoms with Crippen LogP contribution in [-0.4, -0.2) is 42.2 Å². The van der Waals surface area contributed by atoms with Crippen LogP contribution in [0.2, 0.25) is 0 Å².